The standard InChI is InChI=1S/C16H19ClN4/c1-12-4-3-5-14-16(12)21(15(19-14)6-9-17)11-8-13-7-10-18-20(13)2/h3-5,7,10H,6,8-9,11H2,1-2H3. The Kier molecular flexibility index (Phi) is 3.97. The monoisotopic (exact) mass is 302 g/mol. The maximum atomic E-state index is 5.93. The van der Waals surface area contributed by atoms with Crippen LogP contribution in [-0.2, 0) is 26.4 Å². The number of benzene rings is 1. The molecule has 0 saturated heterocycles. The lowest BCUT2D eigenvalue weighted by Gasteiger charge is -2.10. The number of aromatic nitrogens is 4. The quantitative estimate of drug-likeness (QED) is 0.679. The van der Waals surface area contributed by atoms with E-state index in [-0.39, 0.29) is 0 Å². The Morgan fingerprint density at radius 2 is 2.05 bits per heavy atom. The van der Waals surface area contributed by atoms with Gasteiger partial charge in [-0.3, -0.25) is 4.68 Å². The molecule has 0 atom stereocenters. The van der Waals surface area contributed by atoms with Crippen LogP contribution in [0.15, 0.2) is 30.5 Å². The largest absolute Gasteiger partial charge is 0.327 e. The summed E-state index contributed by atoms with van der Waals surface area (Å²) >= 11 is 5.93. The van der Waals surface area contributed by atoms with Gasteiger partial charge in [0, 0.05) is 44.2 Å². The van der Waals surface area contributed by atoms with Gasteiger partial charge in [-0.05, 0) is 24.6 Å². The van der Waals surface area contributed by atoms with Crippen molar-refractivity contribution in [3.63, 3.8) is 0 Å². The molecule has 0 unspecified atom stereocenters. The fraction of sp³-hybridized carbons (Fsp3) is 0.375. The van der Waals surface area contributed by atoms with Crippen LogP contribution in [0.1, 0.15) is 17.1 Å². The van der Waals surface area contributed by atoms with E-state index in [1.165, 1.54) is 16.8 Å². The van der Waals surface area contributed by atoms with E-state index in [2.05, 4.69) is 40.9 Å². The molecule has 2 aromatic heterocycles. The first-order valence-corrected chi connectivity index (χ1v) is 7.71. The van der Waals surface area contributed by atoms with Crippen molar-refractivity contribution in [2.24, 2.45) is 7.05 Å². The number of halogens is 1. The molecule has 1 aromatic carbocycles. The molecule has 0 amide bonds. The fourth-order valence-electron chi connectivity index (χ4n) is 2.80. The molecule has 0 bridgehead atoms. The minimum Gasteiger partial charge on any atom is -0.327 e. The van der Waals surface area contributed by atoms with E-state index in [1.54, 1.807) is 0 Å². The van der Waals surface area contributed by atoms with E-state index in [1.807, 2.05) is 17.9 Å². The molecule has 0 aliphatic rings. The summed E-state index contributed by atoms with van der Waals surface area (Å²) in [5.41, 5.74) is 4.76. The van der Waals surface area contributed by atoms with Crippen molar-refractivity contribution in [3.05, 3.63) is 47.5 Å². The van der Waals surface area contributed by atoms with E-state index >= 15 is 0 Å². The highest BCUT2D eigenvalue weighted by molar-refractivity contribution is 6.17. The van der Waals surface area contributed by atoms with Gasteiger partial charge in [0.2, 0.25) is 0 Å². The Morgan fingerprint density at radius 1 is 1.19 bits per heavy atom. The van der Waals surface area contributed by atoms with E-state index in [9.17, 15) is 0 Å². The minimum atomic E-state index is 0.591. The third kappa shape index (κ3) is 2.68. The zero-order valence-corrected chi connectivity index (χ0v) is 13.1. The van der Waals surface area contributed by atoms with Crippen molar-refractivity contribution in [2.45, 2.75) is 26.3 Å². The summed E-state index contributed by atoms with van der Waals surface area (Å²) in [6, 6.07) is 8.32. The summed E-state index contributed by atoms with van der Waals surface area (Å²) in [6.45, 7) is 3.03. The van der Waals surface area contributed by atoms with E-state index in [4.69, 9.17) is 16.6 Å². The molecule has 0 aliphatic carbocycles. The Labute approximate surface area is 129 Å². The number of aryl methyl sites for hydroxylation is 5. The lowest BCUT2D eigenvalue weighted by molar-refractivity contribution is 0.627. The van der Waals surface area contributed by atoms with E-state index < -0.39 is 0 Å². The molecular weight excluding hydrogens is 284 g/mol. The Morgan fingerprint density at radius 3 is 2.76 bits per heavy atom. The van der Waals surface area contributed by atoms with Crippen LogP contribution in [0.3, 0.4) is 0 Å². The summed E-state index contributed by atoms with van der Waals surface area (Å²) in [7, 11) is 1.98. The summed E-state index contributed by atoms with van der Waals surface area (Å²) in [6.07, 6.45) is 3.57. The molecular formula is C16H19ClN4. The van der Waals surface area contributed by atoms with Crippen LogP contribution in [0.25, 0.3) is 11.0 Å². The normalized spacial score (nSPS) is 11.4. The van der Waals surface area contributed by atoms with Gasteiger partial charge in [0.25, 0.3) is 0 Å². The molecule has 21 heavy (non-hydrogen) atoms. The molecule has 0 aliphatic heterocycles. The van der Waals surface area contributed by atoms with Crippen LogP contribution in [-0.4, -0.2) is 25.2 Å². The van der Waals surface area contributed by atoms with Crippen LogP contribution in [0.4, 0.5) is 0 Å². The van der Waals surface area contributed by atoms with Crippen LogP contribution in [0.5, 0.6) is 0 Å². The van der Waals surface area contributed by atoms with Gasteiger partial charge < -0.3 is 4.57 Å². The van der Waals surface area contributed by atoms with Crippen LogP contribution in [0, 0.1) is 6.92 Å². The lowest BCUT2D eigenvalue weighted by Crippen LogP contribution is -2.09. The second-order valence-electron chi connectivity index (χ2n) is 5.26. The second-order valence-corrected chi connectivity index (χ2v) is 5.64. The second kappa shape index (κ2) is 5.90. The maximum absolute atomic E-state index is 5.93. The molecule has 0 fully saturated rings. The molecule has 110 valence electrons. The van der Waals surface area contributed by atoms with E-state index in [0.717, 1.165) is 30.7 Å². The van der Waals surface area contributed by atoms with Gasteiger partial charge >= 0.3 is 0 Å². The van der Waals surface area contributed by atoms with Crippen molar-refractivity contribution in [1.29, 1.82) is 0 Å². The zero-order chi connectivity index (χ0) is 14.8. The smallest absolute Gasteiger partial charge is 0.111 e. The lowest BCUT2D eigenvalue weighted by atomic mass is 10.2. The van der Waals surface area contributed by atoms with Gasteiger partial charge in [0.1, 0.15) is 5.82 Å². The van der Waals surface area contributed by atoms with Crippen molar-refractivity contribution >= 4 is 22.6 Å². The van der Waals surface area contributed by atoms with Crippen molar-refractivity contribution in [1.82, 2.24) is 19.3 Å². The van der Waals surface area contributed by atoms with Crippen molar-refractivity contribution in [2.75, 3.05) is 5.88 Å². The van der Waals surface area contributed by atoms with E-state index in [0.29, 0.717) is 5.88 Å². The highest BCUT2D eigenvalue weighted by Gasteiger charge is 2.12. The summed E-state index contributed by atoms with van der Waals surface area (Å²) in [5.74, 6) is 1.66. The average Bonchev–Trinajstić information content (AvgIpc) is 3.02. The predicted octanol–water partition coefficient (Wildman–Crippen LogP) is 3.10. The Balaban J connectivity index is 1.98. The molecule has 3 rings (SSSR count). The highest BCUT2D eigenvalue weighted by atomic mass is 35.5. The number of imidazole rings is 1. The topological polar surface area (TPSA) is 35.6 Å². The summed E-state index contributed by atoms with van der Waals surface area (Å²) < 4.78 is 4.23. The minimum absolute atomic E-state index is 0.591. The fourth-order valence-corrected chi connectivity index (χ4v) is 2.97. The SMILES string of the molecule is Cc1cccc2nc(CCCl)n(CCc3ccnn3C)c12. The first kappa shape index (κ1) is 14.1. The molecule has 0 N–H and O–H groups in total. The third-order valence-corrected chi connectivity index (χ3v) is 4.07. The van der Waals surface area contributed by atoms with Crippen LogP contribution < -0.4 is 0 Å². The number of hydrogen-bond donors (Lipinski definition) is 0. The van der Waals surface area contributed by atoms with Crippen molar-refractivity contribution < 1.29 is 0 Å². The van der Waals surface area contributed by atoms with Crippen molar-refractivity contribution in [3.8, 4) is 0 Å². The molecule has 3 aromatic rings. The molecule has 0 radical (unpaired) electrons. The van der Waals surface area contributed by atoms with Gasteiger partial charge in [-0.1, -0.05) is 12.1 Å². The molecule has 4 nitrogen and oxygen atoms in total. The van der Waals surface area contributed by atoms with Gasteiger partial charge in [-0.2, -0.15) is 5.10 Å². The van der Waals surface area contributed by atoms with Gasteiger partial charge in [0.15, 0.2) is 0 Å². The number of fused-ring (bicyclic) bond motifs is 1. The van der Waals surface area contributed by atoms with Crippen LogP contribution >= 0.6 is 11.6 Å². The molecule has 5 heteroatoms. The number of rotatable bonds is 5. The average molecular weight is 303 g/mol. The molecule has 0 spiro atoms. The Hall–Kier alpha value is -1.81. The number of alkyl halides is 1. The third-order valence-electron chi connectivity index (χ3n) is 3.88. The first-order valence-electron chi connectivity index (χ1n) is 7.18. The Bertz CT molecular complexity index is 757. The zero-order valence-electron chi connectivity index (χ0n) is 12.4. The van der Waals surface area contributed by atoms with Gasteiger partial charge in [-0.25, -0.2) is 4.98 Å². The van der Waals surface area contributed by atoms with Gasteiger partial charge in [-0.15, -0.1) is 11.6 Å². The number of hydrogen-bond acceptors (Lipinski definition) is 2. The van der Waals surface area contributed by atoms with Crippen LogP contribution in [0.2, 0.25) is 0 Å². The summed E-state index contributed by atoms with van der Waals surface area (Å²) in [5, 5.41) is 4.23. The molecule has 2 heterocycles. The van der Waals surface area contributed by atoms with Gasteiger partial charge in [0.05, 0.1) is 11.0 Å². The predicted molar refractivity (Wildman–Crippen MR) is 85.8 cm³/mol. The first-order chi connectivity index (χ1) is 10.2. The maximum Gasteiger partial charge on any atom is 0.111 e. The number of para-hydroxylation sites is 1. The highest BCUT2D eigenvalue weighted by Crippen LogP contribution is 2.21. The number of nitrogens with zero attached hydrogens (tertiary/aromatic N) is 4. The summed E-state index contributed by atoms with van der Waals surface area (Å²) in [4.78, 5) is 4.74. The molecule has 0 saturated carbocycles.